The number of aromatic nitrogens is 2. The maximum Gasteiger partial charge on any atom is 0.148 e. The van der Waals surface area contributed by atoms with Crippen molar-refractivity contribution in [1.29, 1.82) is 0 Å². The lowest BCUT2D eigenvalue weighted by Gasteiger charge is -2.03. The van der Waals surface area contributed by atoms with Gasteiger partial charge in [0, 0.05) is 12.2 Å². The van der Waals surface area contributed by atoms with Crippen LogP contribution in [0.1, 0.15) is 6.92 Å². The number of fused-ring (bicyclic) bond motifs is 1. The van der Waals surface area contributed by atoms with Crippen molar-refractivity contribution in [2.24, 2.45) is 0 Å². The van der Waals surface area contributed by atoms with Gasteiger partial charge in [-0.1, -0.05) is 11.6 Å². The predicted molar refractivity (Wildman–Crippen MR) is 58.7 cm³/mol. The van der Waals surface area contributed by atoms with Crippen LogP contribution in [-0.4, -0.2) is 16.5 Å². The van der Waals surface area contributed by atoms with Crippen molar-refractivity contribution >= 4 is 28.3 Å². The van der Waals surface area contributed by atoms with E-state index < -0.39 is 0 Å². The summed E-state index contributed by atoms with van der Waals surface area (Å²) in [5.41, 5.74) is 2.71. The van der Waals surface area contributed by atoms with Crippen LogP contribution < -0.4 is 5.32 Å². The summed E-state index contributed by atoms with van der Waals surface area (Å²) in [6.45, 7) is 2.94. The van der Waals surface area contributed by atoms with Gasteiger partial charge in [-0.05, 0) is 25.1 Å². The molecule has 0 saturated carbocycles. The van der Waals surface area contributed by atoms with Gasteiger partial charge in [-0.15, -0.1) is 0 Å². The Bertz CT molecular complexity index is 456. The van der Waals surface area contributed by atoms with Crippen LogP contribution >= 0.6 is 11.6 Å². The molecule has 0 unspecified atom stereocenters. The third kappa shape index (κ3) is 1.77. The molecule has 0 spiro atoms. The smallest absolute Gasteiger partial charge is 0.148 e. The minimum absolute atomic E-state index is 0.422. The predicted octanol–water partition coefficient (Wildman–Crippen LogP) is 2.72. The van der Waals surface area contributed by atoms with Crippen molar-refractivity contribution in [3.63, 3.8) is 0 Å². The van der Waals surface area contributed by atoms with Gasteiger partial charge in [-0.25, -0.2) is 4.98 Å². The highest BCUT2D eigenvalue weighted by Gasteiger charge is 1.98. The van der Waals surface area contributed by atoms with Crippen LogP contribution in [0.25, 0.3) is 11.0 Å². The van der Waals surface area contributed by atoms with E-state index in [1.54, 1.807) is 6.20 Å². The average molecular weight is 208 g/mol. The van der Waals surface area contributed by atoms with Gasteiger partial charge in [-0.2, -0.15) is 0 Å². The molecular formula is C10H10ClN3. The van der Waals surface area contributed by atoms with E-state index in [0.29, 0.717) is 5.15 Å². The van der Waals surface area contributed by atoms with E-state index >= 15 is 0 Å². The minimum Gasteiger partial charge on any atom is -0.385 e. The first-order valence-electron chi connectivity index (χ1n) is 4.46. The Hall–Kier alpha value is -1.35. The van der Waals surface area contributed by atoms with Crippen molar-refractivity contribution in [3.05, 3.63) is 29.5 Å². The van der Waals surface area contributed by atoms with Crippen LogP contribution in [-0.2, 0) is 0 Å². The van der Waals surface area contributed by atoms with Gasteiger partial charge in [0.25, 0.3) is 0 Å². The van der Waals surface area contributed by atoms with Crippen LogP contribution in [0.15, 0.2) is 24.4 Å². The Balaban J connectivity index is 2.52. The number of anilines is 1. The minimum atomic E-state index is 0.422. The number of halogens is 1. The van der Waals surface area contributed by atoms with Crippen molar-refractivity contribution in [2.45, 2.75) is 6.92 Å². The van der Waals surface area contributed by atoms with Gasteiger partial charge in [-0.3, -0.25) is 4.98 Å². The van der Waals surface area contributed by atoms with Crippen LogP contribution in [0.2, 0.25) is 5.15 Å². The lowest BCUT2D eigenvalue weighted by Crippen LogP contribution is -1.96. The van der Waals surface area contributed by atoms with E-state index in [1.165, 1.54) is 0 Å². The molecule has 1 heterocycles. The molecule has 0 fully saturated rings. The monoisotopic (exact) mass is 207 g/mol. The Morgan fingerprint density at radius 1 is 1.36 bits per heavy atom. The van der Waals surface area contributed by atoms with Crippen molar-refractivity contribution in [3.8, 4) is 0 Å². The van der Waals surface area contributed by atoms with Gasteiger partial charge >= 0.3 is 0 Å². The summed E-state index contributed by atoms with van der Waals surface area (Å²) >= 11 is 5.75. The number of nitrogens with one attached hydrogen (secondary N) is 1. The summed E-state index contributed by atoms with van der Waals surface area (Å²) in [6, 6.07) is 5.85. The second-order valence-electron chi connectivity index (χ2n) is 2.93. The molecule has 0 radical (unpaired) electrons. The molecule has 4 heteroatoms. The van der Waals surface area contributed by atoms with Crippen LogP contribution in [0.4, 0.5) is 5.69 Å². The summed E-state index contributed by atoms with van der Waals surface area (Å²) in [5, 5.41) is 3.63. The van der Waals surface area contributed by atoms with E-state index in [0.717, 1.165) is 23.3 Å². The number of nitrogens with zero attached hydrogens (tertiary/aromatic N) is 2. The quantitative estimate of drug-likeness (QED) is 0.823. The molecular weight excluding hydrogens is 198 g/mol. The maximum atomic E-state index is 5.75. The van der Waals surface area contributed by atoms with Gasteiger partial charge in [0.1, 0.15) is 5.15 Å². The Morgan fingerprint density at radius 2 is 2.21 bits per heavy atom. The largest absolute Gasteiger partial charge is 0.385 e. The van der Waals surface area contributed by atoms with E-state index in [9.17, 15) is 0 Å². The van der Waals surface area contributed by atoms with Crippen LogP contribution in [0.3, 0.4) is 0 Å². The molecule has 14 heavy (non-hydrogen) atoms. The van der Waals surface area contributed by atoms with Gasteiger partial charge in [0.05, 0.1) is 17.2 Å². The van der Waals surface area contributed by atoms with Gasteiger partial charge in [0.2, 0.25) is 0 Å². The third-order valence-corrected chi connectivity index (χ3v) is 2.08. The molecule has 1 aromatic heterocycles. The molecule has 3 nitrogen and oxygen atoms in total. The summed E-state index contributed by atoms with van der Waals surface area (Å²) in [4.78, 5) is 8.34. The summed E-state index contributed by atoms with van der Waals surface area (Å²) in [6.07, 6.45) is 1.55. The molecule has 2 rings (SSSR count). The number of benzene rings is 1. The second kappa shape index (κ2) is 3.80. The van der Waals surface area contributed by atoms with E-state index in [4.69, 9.17) is 11.6 Å². The third-order valence-electron chi connectivity index (χ3n) is 1.89. The van der Waals surface area contributed by atoms with Crippen molar-refractivity contribution in [1.82, 2.24) is 9.97 Å². The van der Waals surface area contributed by atoms with Crippen molar-refractivity contribution < 1.29 is 0 Å². The van der Waals surface area contributed by atoms with Crippen molar-refractivity contribution in [2.75, 3.05) is 11.9 Å². The normalized spacial score (nSPS) is 10.4. The highest BCUT2D eigenvalue weighted by atomic mass is 35.5. The molecule has 0 saturated heterocycles. The summed E-state index contributed by atoms with van der Waals surface area (Å²) < 4.78 is 0. The molecule has 1 aromatic carbocycles. The number of rotatable bonds is 2. The zero-order valence-electron chi connectivity index (χ0n) is 7.79. The lowest BCUT2D eigenvalue weighted by molar-refractivity contribution is 1.21. The molecule has 2 aromatic rings. The Kier molecular flexibility index (Phi) is 2.50. The van der Waals surface area contributed by atoms with Gasteiger partial charge < -0.3 is 5.32 Å². The first-order valence-corrected chi connectivity index (χ1v) is 4.83. The fourth-order valence-electron chi connectivity index (χ4n) is 1.30. The SMILES string of the molecule is CCNc1ccc2ncc(Cl)nc2c1. The number of hydrogen-bond acceptors (Lipinski definition) is 3. The zero-order valence-corrected chi connectivity index (χ0v) is 8.54. The average Bonchev–Trinajstić information content (AvgIpc) is 2.17. The molecule has 0 amide bonds. The molecule has 0 bridgehead atoms. The van der Waals surface area contributed by atoms with Crippen LogP contribution in [0, 0.1) is 0 Å². The standard InChI is InChI=1S/C10H10ClN3/c1-2-12-7-3-4-8-9(5-7)14-10(11)6-13-8/h3-6,12H,2H2,1H3. The Morgan fingerprint density at radius 3 is 3.00 bits per heavy atom. The van der Waals surface area contributed by atoms with Gasteiger partial charge in [0.15, 0.2) is 0 Å². The molecule has 72 valence electrons. The fourth-order valence-corrected chi connectivity index (χ4v) is 1.44. The molecule has 0 aliphatic rings. The van der Waals surface area contributed by atoms with E-state index in [2.05, 4.69) is 15.3 Å². The first kappa shape index (κ1) is 9.21. The molecule has 0 aliphatic carbocycles. The lowest BCUT2D eigenvalue weighted by atomic mass is 10.2. The maximum absolute atomic E-state index is 5.75. The molecule has 0 atom stereocenters. The summed E-state index contributed by atoms with van der Waals surface area (Å²) in [7, 11) is 0. The fraction of sp³-hybridized carbons (Fsp3) is 0.200. The second-order valence-corrected chi connectivity index (χ2v) is 3.31. The highest BCUT2D eigenvalue weighted by Crippen LogP contribution is 2.17. The molecule has 1 N–H and O–H groups in total. The highest BCUT2D eigenvalue weighted by molar-refractivity contribution is 6.29. The van der Waals surface area contributed by atoms with E-state index in [-0.39, 0.29) is 0 Å². The first-order chi connectivity index (χ1) is 6.79. The summed E-state index contributed by atoms with van der Waals surface area (Å²) in [5.74, 6) is 0. The number of hydrogen-bond donors (Lipinski definition) is 1. The molecule has 0 aliphatic heterocycles. The zero-order chi connectivity index (χ0) is 9.97. The van der Waals surface area contributed by atoms with E-state index in [1.807, 2.05) is 25.1 Å². The Labute approximate surface area is 87.1 Å². The van der Waals surface area contributed by atoms with Crippen LogP contribution in [0.5, 0.6) is 0 Å². The topological polar surface area (TPSA) is 37.8 Å².